The molecule has 2 rings (SSSR count). The maximum atomic E-state index is 10.6. The monoisotopic (exact) mass is 257 g/mol. The van der Waals surface area contributed by atoms with Gasteiger partial charge in [0.2, 0.25) is 0 Å². The molecule has 0 fully saturated rings. The summed E-state index contributed by atoms with van der Waals surface area (Å²) < 4.78 is 5.60. The number of aryl methyl sites for hydroxylation is 1. The predicted molar refractivity (Wildman–Crippen MR) is 71.1 cm³/mol. The van der Waals surface area contributed by atoms with Crippen LogP contribution in [0.1, 0.15) is 17.0 Å². The molecule has 0 saturated carbocycles. The van der Waals surface area contributed by atoms with Crippen molar-refractivity contribution in [2.24, 2.45) is 0 Å². The van der Waals surface area contributed by atoms with Crippen molar-refractivity contribution in [3.8, 4) is 5.75 Å². The van der Waals surface area contributed by atoms with Crippen molar-refractivity contribution in [2.75, 3.05) is 0 Å². The Labute approximate surface area is 111 Å². The smallest absolute Gasteiger partial charge is 0.307 e. The highest BCUT2D eigenvalue weighted by atomic mass is 16.5. The number of carboxylic acid groups (broad SMARTS) is 1. The number of rotatable bonds is 5. The van der Waals surface area contributed by atoms with Gasteiger partial charge in [0.25, 0.3) is 0 Å². The third kappa shape index (κ3) is 4.10. The molecule has 0 radical (unpaired) electrons. The third-order valence-corrected chi connectivity index (χ3v) is 2.61. The maximum Gasteiger partial charge on any atom is 0.307 e. The van der Waals surface area contributed by atoms with Crippen molar-refractivity contribution in [3.63, 3.8) is 0 Å². The van der Waals surface area contributed by atoms with Crippen LogP contribution in [0.4, 0.5) is 0 Å². The lowest BCUT2D eigenvalue weighted by atomic mass is 10.1. The van der Waals surface area contributed by atoms with Crippen molar-refractivity contribution in [1.29, 1.82) is 0 Å². The number of aliphatic carboxylic acids is 1. The van der Waals surface area contributed by atoms with Crippen molar-refractivity contribution >= 4 is 5.97 Å². The molecule has 0 aliphatic carbocycles. The second kappa shape index (κ2) is 6.00. The molecule has 1 heterocycles. The quantitative estimate of drug-likeness (QED) is 0.894. The second-order valence-corrected chi connectivity index (χ2v) is 4.27. The molecule has 0 aliphatic heterocycles. The Balaban J connectivity index is 1.94. The third-order valence-electron chi connectivity index (χ3n) is 2.61. The first kappa shape index (κ1) is 13.1. The zero-order valence-electron chi connectivity index (χ0n) is 10.7. The average Bonchev–Trinajstić information content (AvgIpc) is 2.37. The number of carboxylic acids is 1. The van der Waals surface area contributed by atoms with Gasteiger partial charge in [0.15, 0.2) is 0 Å². The number of aromatic nitrogens is 1. The van der Waals surface area contributed by atoms with E-state index in [1.807, 2.05) is 25.1 Å². The molecule has 1 aromatic carbocycles. The van der Waals surface area contributed by atoms with Gasteiger partial charge in [-0.1, -0.05) is 18.2 Å². The Morgan fingerprint density at radius 2 is 1.95 bits per heavy atom. The summed E-state index contributed by atoms with van der Waals surface area (Å²) in [6.45, 7) is 2.34. The summed E-state index contributed by atoms with van der Waals surface area (Å²) in [5.74, 6) is -0.130. The van der Waals surface area contributed by atoms with E-state index in [1.54, 1.807) is 24.3 Å². The van der Waals surface area contributed by atoms with E-state index >= 15 is 0 Å². The summed E-state index contributed by atoms with van der Waals surface area (Å²) in [4.78, 5) is 14.9. The Kier molecular flexibility index (Phi) is 4.13. The van der Waals surface area contributed by atoms with Gasteiger partial charge in [0.1, 0.15) is 12.4 Å². The van der Waals surface area contributed by atoms with E-state index in [1.165, 1.54) is 0 Å². The van der Waals surface area contributed by atoms with Crippen LogP contribution >= 0.6 is 0 Å². The standard InChI is InChI=1S/C15H15NO3/c1-11-3-2-4-13(16-11)10-19-14-7-5-12(6-8-14)9-15(17)18/h2-8H,9-10H2,1H3,(H,17,18). The fourth-order valence-corrected chi connectivity index (χ4v) is 1.72. The van der Waals surface area contributed by atoms with E-state index in [0.717, 1.165) is 17.0 Å². The van der Waals surface area contributed by atoms with Crippen LogP contribution in [-0.4, -0.2) is 16.1 Å². The first-order valence-electron chi connectivity index (χ1n) is 5.99. The zero-order chi connectivity index (χ0) is 13.7. The fraction of sp³-hybridized carbons (Fsp3) is 0.200. The van der Waals surface area contributed by atoms with E-state index in [-0.39, 0.29) is 6.42 Å². The maximum absolute atomic E-state index is 10.6. The Bertz CT molecular complexity index is 564. The summed E-state index contributed by atoms with van der Waals surface area (Å²) in [7, 11) is 0. The zero-order valence-corrected chi connectivity index (χ0v) is 10.7. The highest BCUT2D eigenvalue weighted by Gasteiger charge is 2.01. The van der Waals surface area contributed by atoms with Gasteiger partial charge < -0.3 is 9.84 Å². The Morgan fingerprint density at radius 3 is 2.58 bits per heavy atom. The van der Waals surface area contributed by atoms with Gasteiger partial charge in [-0.3, -0.25) is 9.78 Å². The minimum absolute atomic E-state index is 0.0275. The minimum atomic E-state index is -0.836. The molecular formula is C15H15NO3. The van der Waals surface area contributed by atoms with Crippen molar-refractivity contribution < 1.29 is 14.6 Å². The van der Waals surface area contributed by atoms with Gasteiger partial charge in [-0.2, -0.15) is 0 Å². The average molecular weight is 257 g/mol. The minimum Gasteiger partial charge on any atom is -0.487 e. The molecule has 4 heteroatoms. The van der Waals surface area contributed by atoms with Crippen LogP contribution in [0, 0.1) is 6.92 Å². The molecule has 4 nitrogen and oxygen atoms in total. The number of ether oxygens (including phenoxy) is 1. The summed E-state index contributed by atoms with van der Waals surface area (Å²) in [6.07, 6.45) is 0.0275. The molecule has 98 valence electrons. The Hall–Kier alpha value is -2.36. The van der Waals surface area contributed by atoms with Gasteiger partial charge in [0, 0.05) is 5.69 Å². The highest BCUT2D eigenvalue weighted by molar-refractivity contribution is 5.70. The highest BCUT2D eigenvalue weighted by Crippen LogP contribution is 2.14. The number of nitrogens with zero attached hydrogens (tertiary/aromatic N) is 1. The summed E-state index contributed by atoms with van der Waals surface area (Å²) in [5, 5.41) is 8.67. The van der Waals surface area contributed by atoms with Crippen LogP contribution in [0.25, 0.3) is 0 Å². The molecule has 19 heavy (non-hydrogen) atoms. The van der Waals surface area contributed by atoms with Gasteiger partial charge in [0.05, 0.1) is 12.1 Å². The van der Waals surface area contributed by atoms with Crippen LogP contribution in [0.5, 0.6) is 5.75 Å². The number of pyridine rings is 1. The lowest BCUT2D eigenvalue weighted by molar-refractivity contribution is -0.136. The molecule has 0 spiro atoms. The molecule has 2 aromatic rings. The number of benzene rings is 1. The Morgan fingerprint density at radius 1 is 1.21 bits per heavy atom. The topological polar surface area (TPSA) is 59.4 Å². The molecule has 1 aromatic heterocycles. The normalized spacial score (nSPS) is 10.2. The van der Waals surface area contributed by atoms with Crippen LogP contribution in [0.3, 0.4) is 0 Å². The fourth-order valence-electron chi connectivity index (χ4n) is 1.72. The number of hydrogen-bond donors (Lipinski definition) is 1. The largest absolute Gasteiger partial charge is 0.487 e. The number of carbonyl (C=O) groups is 1. The number of hydrogen-bond acceptors (Lipinski definition) is 3. The van der Waals surface area contributed by atoms with Gasteiger partial charge in [-0.05, 0) is 36.8 Å². The molecular weight excluding hydrogens is 242 g/mol. The van der Waals surface area contributed by atoms with E-state index in [4.69, 9.17) is 9.84 Å². The molecule has 0 bridgehead atoms. The molecule has 0 unspecified atom stereocenters. The SMILES string of the molecule is Cc1cccc(COc2ccc(CC(=O)O)cc2)n1. The van der Waals surface area contributed by atoms with E-state index in [2.05, 4.69) is 4.98 Å². The first-order valence-corrected chi connectivity index (χ1v) is 5.99. The van der Waals surface area contributed by atoms with E-state index in [0.29, 0.717) is 12.4 Å². The first-order chi connectivity index (χ1) is 9.13. The van der Waals surface area contributed by atoms with Gasteiger partial charge in [-0.15, -0.1) is 0 Å². The van der Waals surface area contributed by atoms with Crippen molar-refractivity contribution in [2.45, 2.75) is 20.0 Å². The summed E-state index contributed by atoms with van der Waals surface area (Å²) >= 11 is 0. The van der Waals surface area contributed by atoms with Crippen LogP contribution in [0.2, 0.25) is 0 Å². The molecule has 0 saturated heterocycles. The van der Waals surface area contributed by atoms with Crippen LogP contribution in [0.15, 0.2) is 42.5 Å². The van der Waals surface area contributed by atoms with E-state index < -0.39 is 5.97 Å². The predicted octanol–water partition coefficient (Wildman–Crippen LogP) is 2.60. The molecule has 1 N–H and O–H groups in total. The van der Waals surface area contributed by atoms with Gasteiger partial charge in [-0.25, -0.2) is 0 Å². The summed E-state index contributed by atoms with van der Waals surface area (Å²) in [6, 6.07) is 12.8. The van der Waals surface area contributed by atoms with Crippen LogP contribution < -0.4 is 4.74 Å². The van der Waals surface area contributed by atoms with Gasteiger partial charge >= 0.3 is 5.97 Å². The molecule has 0 amide bonds. The summed E-state index contributed by atoms with van der Waals surface area (Å²) in [5.41, 5.74) is 2.58. The van der Waals surface area contributed by atoms with Crippen molar-refractivity contribution in [3.05, 3.63) is 59.4 Å². The van der Waals surface area contributed by atoms with Crippen LogP contribution in [-0.2, 0) is 17.8 Å². The van der Waals surface area contributed by atoms with Crippen molar-refractivity contribution in [1.82, 2.24) is 4.98 Å². The van der Waals surface area contributed by atoms with E-state index in [9.17, 15) is 4.79 Å². The second-order valence-electron chi connectivity index (χ2n) is 4.27. The molecule has 0 aliphatic rings. The lowest BCUT2D eigenvalue weighted by Crippen LogP contribution is -2.01. The molecule has 0 atom stereocenters. The lowest BCUT2D eigenvalue weighted by Gasteiger charge is -2.06.